The number of nitrogens with zero attached hydrogens (tertiary/aromatic N) is 4. The van der Waals surface area contributed by atoms with Gasteiger partial charge in [-0.25, -0.2) is 0 Å². The van der Waals surface area contributed by atoms with Crippen LogP contribution in [0, 0.1) is 0 Å². The van der Waals surface area contributed by atoms with E-state index in [2.05, 4.69) is 20.8 Å². The summed E-state index contributed by atoms with van der Waals surface area (Å²) in [5, 5.41) is 14.7. The molecule has 0 atom stereocenters. The molecule has 0 aliphatic carbocycles. The van der Waals surface area contributed by atoms with E-state index in [9.17, 15) is 0 Å². The van der Waals surface area contributed by atoms with Crippen molar-refractivity contribution in [2.75, 3.05) is 13.6 Å². The number of rotatable bonds is 4. The number of nitrogens with one attached hydrogen (secondary N) is 1. The normalized spacial score (nSPS) is 10.5. The van der Waals surface area contributed by atoms with Crippen LogP contribution in [0.5, 0.6) is 0 Å². The second-order valence-electron chi connectivity index (χ2n) is 3.20. The molecule has 2 aromatic rings. The highest BCUT2D eigenvalue weighted by atomic mass is 15.5. The molecule has 1 aromatic carbocycles. The van der Waals surface area contributed by atoms with Crippen molar-refractivity contribution >= 4 is 0 Å². The van der Waals surface area contributed by atoms with E-state index in [1.165, 1.54) is 0 Å². The molecule has 0 spiro atoms. The third-order valence-electron chi connectivity index (χ3n) is 2.13. The summed E-state index contributed by atoms with van der Waals surface area (Å²) < 4.78 is 1.76. The van der Waals surface area contributed by atoms with Gasteiger partial charge in [0.2, 0.25) is 0 Å². The molecule has 0 unspecified atom stereocenters. The van der Waals surface area contributed by atoms with Crippen molar-refractivity contribution in [3.8, 4) is 5.69 Å². The number of tetrazole rings is 1. The molecule has 15 heavy (non-hydrogen) atoms. The second-order valence-corrected chi connectivity index (χ2v) is 3.20. The summed E-state index contributed by atoms with van der Waals surface area (Å²) in [4.78, 5) is 0. The van der Waals surface area contributed by atoms with Crippen molar-refractivity contribution < 1.29 is 0 Å². The van der Waals surface area contributed by atoms with Crippen LogP contribution < -0.4 is 5.32 Å². The van der Waals surface area contributed by atoms with E-state index in [-0.39, 0.29) is 0 Å². The van der Waals surface area contributed by atoms with Gasteiger partial charge in [0.15, 0.2) is 5.82 Å². The van der Waals surface area contributed by atoms with Gasteiger partial charge in [-0.3, -0.25) is 0 Å². The lowest BCUT2D eigenvalue weighted by atomic mass is 10.3. The average molecular weight is 203 g/mol. The predicted octanol–water partition coefficient (Wildman–Crippen LogP) is 0.424. The van der Waals surface area contributed by atoms with Gasteiger partial charge < -0.3 is 5.32 Å². The van der Waals surface area contributed by atoms with Crippen molar-refractivity contribution in [1.29, 1.82) is 0 Å². The molecule has 2 rings (SSSR count). The van der Waals surface area contributed by atoms with Gasteiger partial charge in [0.05, 0.1) is 5.69 Å². The Morgan fingerprint density at radius 1 is 1.27 bits per heavy atom. The number of para-hydroxylation sites is 1. The van der Waals surface area contributed by atoms with Crippen LogP contribution in [0.2, 0.25) is 0 Å². The molecule has 0 saturated carbocycles. The highest BCUT2D eigenvalue weighted by Gasteiger charge is 2.06. The van der Waals surface area contributed by atoms with E-state index in [1.807, 2.05) is 37.4 Å². The van der Waals surface area contributed by atoms with Gasteiger partial charge in [0.25, 0.3) is 0 Å². The van der Waals surface area contributed by atoms with Gasteiger partial charge in [-0.15, -0.1) is 5.10 Å². The molecule has 1 aromatic heterocycles. The Labute approximate surface area is 88.1 Å². The molecule has 78 valence electrons. The van der Waals surface area contributed by atoms with Crippen molar-refractivity contribution in [3.63, 3.8) is 0 Å². The van der Waals surface area contributed by atoms with Crippen molar-refractivity contribution in [2.45, 2.75) is 6.42 Å². The van der Waals surface area contributed by atoms with Crippen molar-refractivity contribution in [3.05, 3.63) is 36.2 Å². The Morgan fingerprint density at radius 3 is 2.80 bits per heavy atom. The van der Waals surface area contributed by atoms with E-state index in [1.54, 1.807) is 4.68 Å². The summed E-state index contributed by atoms with van der Waals surface area (Å²) in [6.07, 6.45) is 0.818. The van der Waals surface area contributed by atoms with Crippen LogP contribution in [-0.4, -0.2) is 33.8 Å². The van der Waals surface area contributed by atoms with Crippen LogP contribution in [0.25, 0.3) is 5.69 Å². The minimum Gasteiger partial charge on any atom is -0.319 e. The summed E-state index contributed by atoms with van der Waals surface area (Å²) in [6.45, 7) is 0.868. The van der Waals surface area contributed by atoms with E-state index in [0.717, 1.165) is 24.5 Å². The summed E-state index contributed by atoms with van der Waals surface area (Å²) >= 11 is 0. The minimum absolute atomic E-state index is 0.818. The van der Waals surface area contributed by atoms with E-state index in [0.29, 0.717) is 0 Å². The summed E-state index contributed by atoms with van der Waals surface area (Å²) in [6, 6.07) is 9.89. The summed E-state index contributed by atoms with van der Waals surface area (Å²) in [5.74, 6) is 0.871. The fourth-order valence-corrected chi connectivity index (χ4v) is 1.37. The average Bonchev–Trinajstić information content (AvgIpc) is 2.75. The third-order valence-corrected chi connectivity index (χ3v) is 2.13. The maximum Gasteiger partial charge on any atom is 0.157 e. The Kier molecular flexibility index (Phi) is 3.04. The minimum atomic E-state index is 0.818. The van der Waals surface area contributed by atoms with Gasteiger partial charge in [0.1, 0.15) is 0 Å². The van der Waals surface area contributed by atoms with Gasteiger partial charge in [0, 0.05) is 13.0 Å². The molecule has 1 N–H and O–H groups in total. The molecule has 0 aliphatic rings. The highest BCUT2D eigenvalue weighted by Crippen LogP contribution is 2.06. The molecule has 5 nitrogen and oxygen atoms in total. The lowest BCUT2D eigenvalue weighted by Crippen LogP contribution is -2.14. The summed E-state index contributed by atoms with van der Waals surface area (Å²) in [5.41, 5.74) is 0.994. The molecule has 0 saturated heterocycles. The van der Waals surface area contributed by atoms with Crippen LogP contribution in [0.3, 0.4) is 0 Å². The fraction of sp³-hybridized carbons (Fsp3) is 0.300. The lowest BCUT2D eigenvalue weighted by Gasteiger charge is -2.03. The van der Waals surface area contributed by atoms with Crippen LogP contribution in [0.15, 0.2) is 30.3 Å². The maximum absolute atomic E-state index is 3.99. The molecule has 1 heterocycles. The Bertz CT molecular complexity index is 409. The molecule has 0 bridgehead atoms. The SMILES string of the molecule is CNCCc1nnnn1-c1ccccc1. The predicted molar refractivity (Wildman–Crippen MR) is 56.8 cm³/mol. The first-order valence-electron chi connectivity index (χ1n) is 4.89. The zero-order valence-electron chi connectivity index (χ0n) is 8.59. The van der Waals surface area contributed by atoms with Gasteiger partial charge in [-0.1, -0.05) is 18.2 Å². The van der Waals surface area contributed by atoms with Crippen LogP contribution >= 0.6 is 0 Å². The van der Waals surface area contributed by atoms with Crippen LogP contribution in [0.4, 0.5) is 0 Å². The third kappa shape index (κ3) is 2.19. The first kappa shape index (κ1) is 9.79. The summed E-state index contributed by atoms with van der Waals surface area (Å²) in [7, 11) is 1.91. The number of likely N-dealkylation sites (N-methyl/N-ethyl adjacent to an activating group) is 1. The topological polar surface area (TPSA) is 55.6 Å². The zero-order chi connectivity index (χ0) is 10.5. The molecule has 0 radical (unpaired) electrons. The van der Waals surface area contributed by atoms with E-state index in [4.69, 9.17) is 0 Å². The Balaban J connectivity index is 2.25. The first-order chi connectivity index (χ1) is 7.42. The molecule has 0 fully saturated rings. The number of hydrogen-bond donors (Lipinski definition) is 1. The smallest absolute Gasteiger partial charge is 0.157 e. The van der Waals surface area contributed by atoms with Crippen molar-refractivity contribution in [1.82, 2.24) is 25.5 Å². The largest absolute Gasteiger partial charge is 0.319 e. The molecule has 0 aliphatic heterocycles. The molecular formula is C10H13N5. The zero-order valence-corrected chi connectivity index (χ0v) is 8.59. The Hall–Kier alpha value is -1.75. The monoisotopic (exact) mass is 203 g/mol. The van der Waals surface area contributed by atoms with Crippen LogP contribution in [-0.2, 0) is 6.42 Å². The van der Waals surface area contributed by atoms with Gasteiger partial charge in [-0.2, -0.15) is 4.68 Å². The highest BCUT2D eigenvalue weighted by molar-refractivity contribution is 5.30. The number of benzene rings is 1. The number of hydrogen-bond acceptors (Lipinski definition) is 4. The molecule has 0 amide bonds. The lowest BCUT2D eigenvalue weighted by molar-refractivity contribution is 0.716. The fourth-order valence-electron chi connectivity index (χ4n) is 1.37. The van der Waals surface area contributed by atoms with Crippen LogP contribution in [0.1, 0.15) is 5.82 Å². The van der Waals surface area contributed by atoms with E-state index < -0.39 is 0 Å². The molecular weight excluding hydrogens is 190 g/mol. The second kappa shape index (κ2) is 4.65. The quantitative estimate of drug-likeness (QED) is 0.782. The van der Waals surface area contributed by atoms with Gasteiger partial charge >= 0.3 is 0 Å². The first-order valence-corrected chi connectivity index (χ1v) is 4.89. The van der Waals surface area contributed by atoms with E-state index >= 15 is 0 Å². The van der Waals surface area contributed by atoms with Gasteiger partial charge in [-0.05, 0) is 29.6 Å². The Morgan fingerprint density at radius 2 is 2.07 bits per heavy atom. The standard InChI is InChI=1S/C10H13N5/c1-11-8-7-10-12-13-14-15(10)9-5-3-2-4-6-9/h2-6,11H,7-8H2,1H3. The van der Waals surface area contributed by atoms with Crippen molar-refractivity contribution in [2.24, 2.45) is 0 Å². The molecule has 5 heteroatoms. The maximum atomic E-state index is 3.99. The number of aromatic nitrogens is 4.